The topological polar surface area (TPSA) is 42.2 Å². The minimum atomic E-state index is -1.10. The van der Waals surface area contributed by atoms with E-state index in [1.165, 1.54) is 6.07 Å². The van der Waals surface area contributed by atoms with Crippen molar-refractivity contribution in [3.05, 3.63) is 52.3 Å². The fraction of sp³-hybridized carbons (Fsp3) is 0. The Hall–Kier alpha value is -1.45. The number of carbonyl (C=O) groups is 1. The molecular weight excluding hydrogens is 249 g/mol. The molecule has 0 aliphatic rings. The van der Waals surface area contributed by atoms with Crippen molar-refractivity contribution in [3.63, 3.8) is 0 Å². The maximum Gasteiger partial charge on any atom is 0.337 e. The number of hydrogen-bond acceptors (Lipinski definition) is 1. The quantitative estimate of drug-likeness (QED) is 0.893. The van der Waals surface area contributed by atoms with Gasteiger partial charge in [-0.05, 0) is 24.3 Å². The van der Waals surface area contributed by atoms with Crippen LogP contribution in [0.5, 0.6) is 0 Å². The van der Waals surface area contributed by atoms with Crippen LogP contribution in [0.2, 0.25) is 10.0 Å². The molecule has 1 N–H and O–H groups in total. The maximum atomic E-state index is 10.9. The van der Waals surface area contributed by atoms with Crippen LogP contribution in [0.15, 0.2) is 36.7 Å². The predicted octanol–water partition coefficient (Wildman–Crippen LogP) is 3.48. The van der Waals surface area contributed by atoms with E-state index >= 15 is 0 Å². The molecule has 5 heteroatoms. The van der Waals surface area contributed by atoms with Crippen molar-refractivity contribution in [2.45, 2.75) is 0 Å². The summed E-state index contributed by atoms with van der Waals surface area (Å²) in [6.07, 6.45) is 3.53. The van der Waals surface area contributed by atoms with E-state index in [4.69, 9.17) is 28.3 Å². The van der Waals surface area contributed by atoms with Gasteiger partial charge in [-0.2, -0.15) is 0 Å². The van der Waals surface area contributed by atoms with Crippen molar-refractivity contribution in [1.29, 1.82) is 0 Å². The zero-order valence-corrected chi connectivity index (χ0v) is 9.53. The van der Waals surface area contributed by atoms with Crippen LogP contribution in [0.4, 0.5) is 0 Å². The number of aromatic nitrogens is 1. The monoisotopic (exact) mass is 255 g/mol. The first-order chi connectivity index (χ1) is 7.59. The second-order valence-electron chi connectivity index (χ2n) is 3.18. The molecule has 1 heterocycles. The summed E-state index contributed by atoms with van der Waals surface area (Å²) in [7, 11) is 0. The van der Waals surface area contributed by atoms with E-state index in [1.54, 1.807) is 23.0 Å². The van der Waals surface area contributed by atoms with Crippen LogP contribution in [0, 0.1) is 0 Å². The summed E-state index contributed by atoms with van der Waals surface area (Å²) in [5.74, 6) is -1.10. The summed E-state index contributed by atoms with van der Waals surface area (Å²) in [4.78, 5) is 10.9. The van der Waals surface area contributed by atoms with Crippen LogP contribution in [0.25, 0.3) is 5.69 Å². The highest BCUT2D eigenvalue weighted by Crippen LogP contribution is 2.28. The number of hydrogen-bond donors (Lipinski definition) is 1. The summed E-state index contributed by atoms with van der Waals surface area (Å²) in [5.41, 5.74) is 0.550. The molecule has 0 aliphatic heterocycles. The molecule has 0 atom stereocenters. The molecule has 2 rings (SSSR count). The van der Waals surface area contributed by atoms with Crippen molar-refractivity contribution in [3.8, 4) is 5.69 Å². The van der Waals surface area contributed by atoms with Crippen LogP contribution >= 0.6 is 23.2 Å². The van der Waals surface area contributed by atoms with Gasteiger partial charge in [0.15, 0.2) is 0 Å². The third-order valence-corrected chi connectivity index (χ3v) is 2.75. The number of carboxylic acid groups (broad SMARTS) is 1. The van der Waals surface area contributed by atoms with Crippen LogP contribution in [-0.4, -0.2) is 15.6 Å². The van der Waals surface area contributed by atoms with Gasteiger partial charge in [-0.25, -0.2) is 4.79 Å². The Labute approximate surface area is 102 Å². The van der Waals surface area contributed by atoms with E-state index in [0.717, 1.165) is 0 Å². The van der Waals surface area contributed by atoms with Crippen LogP contribution in [-0.2, 0) is 0 Å². The highest BCUT2D eigenvalue weighted by atomic mass is 35.5. The summed E-state index contributed by atoms with van der Waals surface area (Å²) < 4.78 is 1.71. The SMILES string of the molecule is O=C(O)c1cc(Cl)cc(-n2cccc2)c1Cl. The second-order valence-corrected chi connectivity index (χ2v) is 4.00. The van der Waals surface area contributed by atoms with Gasteiger partial charge in [0.25, 0.3) is 0 Å². The van der Waals surface area contributed by atoms with Gasteiger partial charge in [-0.15, -0.1) is 0 Å². The highest BCUT2D eigenvalue weighted by molar-refractivity contribution is 6.37. The van der Waals surface area contributed by atoms with E-state index in [-0.39, 0.29) is 10.6 Å². The third-order valence-electron chi connectivity index (χ3n) is 2.13. The lowest BCUT2D eigenvalue weighted by Gasteiger charge is -2.09. The third kappa shape index (κ3) is 1.92. The van der Waals surface area contributed by atoms with Crippen LogP contribution in [0.3, 0.4) is 0 Å². The van der Waals surface area contributed by atoms with Crippen molar-refractivity contribution < 1.29 is 9.90 Å². The van der Waals surface area contributed by atoms with Gasteiger partial charge in [-0.1, -0.05) is 23.2 Å². The highest BCUT2D eigenvalue weighted by Gasteiger charge is 2.14. The number of rotatable bonds is 2. The Kier molecular flexibility index (Phi) is 2.90. The van der Waals surface area contributed by atoms with Crippen molar-refractivity contribution in [2.24, 2.45) is 0 Å². The van der Waals surface area contributed by atoms with Gasteiger partial charge < -0.3 is 9.67 Å². The molecule has 0 saturated heterocycles. The average molecular weight is 256 g/mol. The normalized spacial score (nSPS) is 10.4. The number of benzene rings is 1. The van der Waals surface area contributed by atoms with E-state index in [9.17, 15) is 4.79 Å². The molecule has 2 aromatic rings. The molecule has 0 radical (unpaired) electrons. The van der Waals surface area contributed by atoms with Crippen LogP contribution < -0.4 is 0 Å². The largest absolute Gasteiger partial charge is 0.478 e. The minimum absolute atomic E-state index is 0.00198. The van der Waals surface area contributed by atoms with Gasteiger partial charge in [0.2, 0.25) is 0 Å². The molecule has 16 heavy (non-hydrogen) atoms. The minimum Gasteiger partial charge on any atom is -0.478 e. The standard InChI is InChI=1S/C11H7Cl2NO2/c12-7-5-8(11(15)16)10(13)9(6-7)14-3-1-2-4-14/h1-6H,(H,15,16). The van der Waals surface area contributed by atoms with Crippen molar-refractivity contribution in [2.75, 3.05) is 0 Å². The van der Waals surface area contributed by atoms with E-state index in [0.29, 0.717) is 10.7 Å². The first-order valence-electron chi connectivity index (χ1n) is 4.45. The fourth-order valence-corrected chi connectivity index (χ4v) is 1.91. The molecule has 3 nitrogen and oxygen atoms in total. The predicted molar refractivity (Wildman–Crippen MR) is 62.7 cm³/mol. The molecule has 0 saturated carbocycles. The smallest absolute Gasteiger partial charge is 0.337 e. The molecule has 0 unspecified atom stereocenters. The fourth-order valence-electron chi connectivity index (χ4n) is 1.41. The number of carboxylic acids is 1. The lowest BCUT2D eigenvalue weighted by atomic mass is 10.2. The molecular formula is C11H7Cl2NO2. The summed E-state index contributed by atoms with van der Waals surface area (Å²) in [5, 5.41) is 9.47. The number of aromatic carboxylic acids is 1. The van der Waals surface area contributed by atoms with Crippen LogP contribution in [0.1, 0.15) is 10.4 Å². The van der Waals surface area contributed by atoms with Crippen molar-refractivity contribution in [1.82, 2.24) is 4.57 Å². The van der Waals surface area contributed by atoms with Gasteiger partial charge in [0.05, 0.1) is 16.3 Å². The van der Waals surface area contributed by atoms with E-state index in [2.05, 4.69) is 0 Å². The molecule has 1 aromatic heterocycles. The maximum absolute atomic E-state index is 10.9. The first kappa shape index (κ1) is 11.0. The lowest BCUT2D eigenvalue weighted by Crippen LogP contribution is -2.01. The van der Waals surface area contributed by atoms with E-state index in [1.807, 2.05) is 12.1 Å². The van der Waals surface area contributed by atoms with Gasteiger partial charge in [0, 0.05) is 17.4 Å². The number of halogens is 2. The Morgan fingerprint density at radius 3 is 2.38 bits per heavy atom. The number of nitrogens with zero attached hydrogens (tertiary/aromatic N) is 1. The molecule has 0 spiro atoms. The first-order valence-corrected chi connectivity index (χ1v) is 5.21. The summed E-state index contributed by atoms with van der Waals surface area (Å²) in [6.45, 7) is 0. The van der Waals surface area contributed by atoms with E-state index < -0.39 is 5.97 Å². The zero-order chi connectivity index (χ0) is 11.7. The Balaban J connectivity index is 2.67. The molecule has 0 amide bonds. The van der Waals surface area contributed by atoms with Gasteiger partial charge in [-0.3, -0.25) is 0 Å². The molecule has 0 fully saturated rings. The van der Waals surface area contributed by atoms with Crippen molar-refractivity contribution >= 4 is 29.2 Å². The lowest BCUT2D eigenvalue weighted by molar-refractivity contribution is 0.0697. The Morgan fingerprint density at radius 1 is 1.19 bits per heavy atom. The molecule has 82 valence electrons. The molecule has 0 bridgehead atoms. The van der Waals surface area contributed by atoms with Gasteiger partial charge >= 0.3 is 5.97 Å². The zero-order valence-electron chi connectivity index (χ0n) is 8.02. The molecule has 0 aliphatic carbocycles. The second kappa shape index (κ2) is 4.20. The summed E-state index contributed by atoms with van der Waals surface area (Å²) in [6, 6.07) is 6.59. The Bertz CT molecular complexity index is 535. The average Bonchev–Trinajstić information content (AvgIpc) is 2.73. The molecule has 1 aromatic carbocycles. The Morgan fingerprint density at radius 2 is 1.81 bits per heavy atom. The van der Waals surface area contributed by atoms with Gasteiger partial charge in [0.1, 0.15) is 0 Å². The summed E-state index contributed by atoms with van der Waals surface area (Å²) >= 11 is 11.9.